The molecule has 0 radical (unpaired) electrons. The number of nitrogens with zero attached hydrogens (tertiary/aromatic N) is 1. The first-order valence-corrected chi connectivity index (χ1v) is 2.73. The van der Waals surface area contributed by atoms with Crippen molar-refractivity contribution in [1.82, 2.24) is 5.06 Å². The fourth-order valence-electron chi connectivity index (χ4n) is 0.383. The van der Waals surface area contributed by atoms with Crippen molar-refractivity contribution in [2.45, 2.75) is 6.42 Å². The minimum absolute atomic E-state index is 0. The molecule has 62 valence electrons. The van der Waals surface area contributed by atoms with Crippen LogP contribution in [0, 0.1) is 0 Å². The lowest BCUT2D eigenvalue weighted by atomic mass is 10.4. The summed E-state index contributed by atoms with van der Waals surface area (Å²) in [5.41, 5.74) is 5.12. The maximum Gasteiger partial charge on any atom is 0.247 e. The second-order valence-electron chi connectivity index (χ2n) is 1.61. The zero-order chi connectivity index (χ0) is 7.28. The third-order valence-electron chi connectivity index (χ3n) is 0.983. The van der Waals surface area contributed by atoms with Crippen LogP contribution in [0.2, 0.25) is 0 Å². The molecule has 0 fully saturated rings. The Balaban J connectivity index is 0. The summed E-state index contributed by atoms with van der Waals surface area (Å²) < 4.78 is 0. The molecule has 0 rings (SSSR count). The number of carbonyl (C=O) groups is 1. The van der Waals surface area contributed by atoms with Crippen molar-refractivity contribution in [3.63, 3.8) is 0 Å². The first kappa shape index (κ1) is 12.4. The lowest BCUT2D eigenvalue weighted by Crippen LogP contribution is -2.27. The standard InChI is InChI=1S/C5H12N2O2.ClH/c1-7(9-2)5(8)3-4-6;/h3-4,6H2,1-2H3;1H. The molecule has 0 aliphatic rings. The molecule has 1 amide bonds. The van der Waals surface area contributed by atoms with E-state index in [2.05, 4.69) is 4.84 Å². The number of halogens is 1. The predicted octanol–water partition coefficient (Wildman–Crippen LogP) is -0.223. The zero-order valence-corrected chi connectivity index (χ0v) is 6.98. The van der Waals surface area contributed by atoms with Crippen molar-refractivity contribution in [2.75, 3.05) is 20.7 Å². The highest BCUT2D eigenvalue weighted by Crippen LogP contribution is 1.86. The molecule has 5 heteroatoms. The SMILES string of the molecule is CON(C)C(=O)CCN.Cl. The number of rotatable bonds is 3. The molecule has 2 N–H and O–H groups in total. The van der Waals surface area contributed by atoms with Gasteiger partial charge < -0.3 is 5.73 Å². The summed E-state index contributed by atoms with van der Waals surface area (Å²) in [6, 6.07) is 0. The van der Waals surface area contributed by atoms with Crippen molar-refractivity contribution in [1.29, 1.82) is 0 Å². The highest BCUT2D eigenvalue weighted by Gasteiger charge is 2.03. The van der Waals surface area contributed by atoms with E-state index in [1.165, 1.54) is 7.11 Å². The maximum absolute atomic E-state index is 10.7. The molecule has 0 aromatic carbocycles. The van der Waals surface area contributed by atoms with Gasteiger partial charge in [0.2, 0.25) is 5.91 Å². The van der Waals surface area contributed by atoms with E-state index in [0.717, 1.165) is 5.06 Å². The van der Waals surface area contributed by atoms with Crippen LogP contribution < -0.4 is 5.73 Å². The topological polar surface area (TPSA) is 55.6 Å². The van der Waals surface area contributed by atoms with Gasteiger partial charge in [0.05, 0.1) is 7.11 Å². The highest BCUT2D eigenvalue weighted by atomic mass is 35.5. The van der Waals surface area contributed by atoms with Gasteiger partial charge in [-0.3, -0.25) is 9.63 Å². The molecular weight excluding hydrogens is 156 g/mol. The van der Waals surface area contributed by atoms with Gasteiger partial charge in [0.1, 0.15) is 0 Å². The average molecular weight is 169 g/mol. The second-order valence-corrected chi connectivity index (χ2v) is 1.61. The normalized spacial score (nSPS) is 8.30. The van der Waals surface area contributed by atoms with Crippen LogP contribution in [0.25, 0.3) is 0 Å². The first-order chi connectivity index (χ1) is 4.22. The Labute approximate surface area is 66.7 Å². The van der Waals surface area contributed by atoms with E-state index in [9.17, 15) is 4.79 Å². The minimum Gasteiger partial charge on any atom is -0.330 e. The molecule has 0 spiro atoms. The smallest absolute Gasteiger partial charge is 0.247 e. The van der Waals surface area contributed by atoms with Crippen LogP contribution >= 0.6 is 12.4 Å². The minimum atomic E-state index is -0.0972. The van der Waals surface area contributed by atoms with E-state index in [4.69, 9.17) is 5.73 Å². The Kier molecular flexibility index (Phi) is 8.40. The third kappa shape index (κ3) is 4.55. The summed E-state index contributed by atoms with van der Waals surface area (Å²) in [5, 5.41) is 1.16. The van der Waals surface area contributed by atoms with Gasteiger partial charge in [-0.1, -0.05) is 0 Å². The fraction of sp³-hybridized carbons (Fsp3) is 0.800. The Morgan fingerprint density at radius 1 is 1.70 bits per heavy atom. The summed E-state index contributed by atoms with van der Waals surface area (Å²) in [5.74, 6) is -0.0972. The van der Waals surface area contributed by atoms with Crippen LogP contribution in [-0.4, -0.2) is 31.7 Å². The summed E-state index contributed by atoms with van der Waals surface area (Å²) >= 11 is 0. The molecule has 4 nitrogen and oxygen atoms in total. The van der Waals surface area contributed by atoms with Crippen molar-refractivity contribution >= 4 is 18.3 Å². The van der Waals surface area contributed by atoms with Gasteiger partial charge in [0.25, 0.3) is 0 Å². The fourth-order valence-corrected chi connectivity index (χ4v) is 0.383. The molecule has 0 heterocycles. The molecule has 0 saturated carbocycles. The molecule has 0 bridgehead atoms. The monoisotopic (exact) mass is 168 g/mol. The van der Waals surface area contributed by atoms with Gasteiger partial charge in [-0.2, -0.15) is 0 Å². The maximum atomic E-state index is 10.7. The largest absolute Gasteiger partial charge is 0.330 e. The number of hydroxylamine groups is 2. The molecule has 0 aromatic heterocycles. The summed E-state index contributed by atoms with van der Waals surface area (Å²) in [7, 11) is 2.99. The number of hydrogen-bond donors (Lipinski definition) is 1. The van der Waals surface area contributed by atoms with E-state index >= 15 is 0 Å². The average Bonchev–Trinajstić information content (AvgIpc) is 1.87. The van der Waals surface area contributed by atoms with Crippen LogP contribution in [0.1, 0.15) is 6.42 Å². The lowest BCUT2D eigenvalue weighted by molar-refractivity contribution is -0.168. The quantitative estimate of drug-likeness (QED) is 0.593. The molecule has 0 saturated heterocycles. The van der Waals surface area contributed by atoms with E-state index < -0.39 is 0 Å². The van der Waals surface area contributed by atoms with Gasteiger partial charge in [0, 0.05) is 20.0 Å². The van der Waals surface area contributed by atoms with E-state index in [1.807, 2.05) is 0 Å². The van der Waals surface area contributed by atoms with Gasteiger partial charge in [0.15, 0.2) is 0 Å². The van der Waals surface area contributed by atoms with Crippen molar-refractivity contribution < 1.29 is 9.63 Å². The van der Waals surface area contributed by atoms with Gasteiger partial charge in [-0.05, 0) is 0 Å². The predicted molar refractivity (Wildman–Crippen MR) is 40.7 cm³/mol. The number of amides is 1. The Hall–Kier alpha value is -0.320. The van der Waals surface area contributed by atoms with Crippen LogP contribution in [-0.2, 0) is 9.63 Å². The van der Waals surface area contributed by atoms with Crippen molar-refractivity contribution in [2.24, 2.45) is 5.73 Å². The Morgan fingerprint density at radius 2 is 2.20 bits per heavy atom. The van der Waals surface area contributed by atoms with Crippen LogP contribution in [0.15, 0.2) is 0 Å². The lowest BCUT2D eigenvalue weighted by Gasteiger charge is -2.11. The Morgan fingerprint density at radius 3 is 2.50 bits per heavy atom. The van der Waals surface area contributed by atoms with Crippen LogP contribution in [0.5, 0.6) is 0 Å². The van der Waals surface area contributed by atoms with Crippen LogP contribution in [0.4, 0.5) is 0 Å². The van der Waals surface area contributed by atoms with Gasteiger partial charge in [-0.25, -0.2) is 5.06 Å². The van der Waals surface area contributed by atoms with Crippen molar-refractivity contribution in [3.8, 4) is 0 Å². The van der Waals surface area contributed by atoms with Gasteiger partial charge in [-0.15, -0.1) is 12.4 Å². The second kappa shape index (κ2) is 6.80. The molecule has 0 unspecified atom stereocenters. The summed E-state index contributed by atoms with van der Waals surface area (Å²) in [4.78, 5) is 15.3. The van der Waals surface area contributed by atoms with E-state index in [0.29, 0.717) is 13.0 Å². The summed E-state index contributed by atoms with van der Waals surface area (Å²) in [6.07, 6.45) is 0.338. The van der Waals surface area contributed by atoms with Crippen LogP contribution in [0.3, 0.4) is 0 Å². The molecule has 0 atom stereocenters. The molecule has 10 heavy (non-hydrogen) atoms. The van der Waals surface area contributed by atoms with E-state index in [-0.39, 0.29) is 18.3 Å². The molecule has 0 aliphatic carbocycles. The van der Waals surface area contributed by atoms with E-state index in [1.54, 1.807) is 7.05 Å². The van der Waals surface area contributed by atoms with Crippen molar-refractivity contribution in [3.05, 3.63) is 0 Å². The Bertz CT molecular complexity index is 99.6. The number of nitrogens with two attached hydrogens (primary N) is 1. The highest BCUT2D eigenvalue weighted by molar-refractivity contribution is 5.85. The number of hydrogen-bond acceptors (Lipinski definition) is 3. The third-order valence-corrected chi connectivity index (χ3v) is 0.983. The molecule has 0 aliphatic heterocycles. The van der Waals surface area contributed by atoms with Gasteiger partial charge >= 0.3 is 0 Å². The molecular formula is C5H13ClN2O2. The number of carbonyl (C=O) groups excluding carboxylic acids is 1. The zero-order valence-electron chi connectivity index (χ0n) is 6.16. The first-order valence-electron chi connectivity index (χ1n) is 2.73. The molecule has 0 aromatic rings. The summed E-state index contributed by atoms with van der Waals surface area (Å²) in [6.45, 7) is 0.368.